The average molecular weight is 373 g/mol. The molecule has 0 aliphatic heterocycles. The molecule has 0 spiro atoms. The van der Waals surface area contributed by atoms with Gasteiger partial charge >= 0.3 is 6.09 Å². The standard InChI is InChI=1S/C19H27N5O3/c1-11(2)20-19(26)27-14-6-5-13(8-14)15-9-17(23-22-15)21-16-10-24(4)18(25)7-12(16)3/h7,9-11,13-14H,5-6,8H2,1-4H3,(H,20,26)(H2,21,22,23)/t13-,14+/m0/s1. The Morgan fingerprint density at radius 1 is 1.37 bits per heavy atom. The molecule has 0 aromatic carbocycles. The van der Waals surface area contributed by atoms with Gasteiger partial charge in [0.25, 0.3) is 5.56 Å². The van der Waals surface area contributed by atoms with Crippen LogP contribution in [0, 0.1) is 6.92 Å². The Hall–Kier alpha value is -2.77. The maximum absolute atomic E-state index is 11.8. The minimum absolute atomic E-state index is 0.0423. The lowest BCUT2D eigenvalue weighted by molar-refractivity contribution is 0.0981. The molecule has 2 atom stereocenters. The zero-order valence-electron chi connectivity index (χ0n) is 16.2. The average Bonchev–Trinajstić information content (AvgIpc) is 3.21. The summed E-state index contributed by atoms with van der Waals surface area (Å²) in [6.07, 6.45) is 3.91. The Morgan fingerprint density at radius 3 is 2.89 bits per heavy atom. The fourth-order valence-corrected chi connectivity index (χ4v) is 3.35. The smallest absolute Gasteiger partial charge is 0.407 e. The summed E-state index contributed by atoms with van der Waals surface area (Å²) in [5.74, 6) is 0.986. The molecular formula is C19H27N5O3. The van der Waals surface area contributed by atoms with Gasteiger partial charge in [0, 0.05) is 43.0 Å². The highest BCUT2D eigenvalue weighted by Gasteiger charge is 2.30. The number of hydrogen-bond donors (Lipinski definition) is 3. The number of carbonyl (C=O) groups excluding carboxylic acids is 1. The Bertz CT molecular complexity index is 870. The Labute approximate surface area is 158 Å². The molecule has 1 saturated carbocycles. The van der Waals surface area contributed by atoms with Crippen LogP contribution in [0.2, 0.25) is 0 Å². The van der Waals surface area contributed by atoms with Crippen molar-refractivity contribution in [3.05, 3.63) is 39.9 Å². The number of aromatic amines is 1. The number of amides is 1. The highest BCUT2D eigenvalue weighted by molar-refractivity contribution is 5.67. The number of rotatable bonds is 5. The van der Waals surface area contributed by atoms with E-state index in [-0.39, 0.29) is 29.7 Å². The van der Waals surface area contributed by atoms with Crippen molar-refractivity contribution in [2.24, 2.45) is 7.05 Å². The summed E-state index contributed by atoms with van der Waals surface area (Å²) < 4.78 is 7.02. The number of aryl methyl sites for hydroxylation is 2. The predicted octanol–water partition coefficient (Wildman–Crippen LogP) is 2.93. The number of nitrogens with one attached hydrogen (secondary N) is 3. The Balaban J connectivity index is 1.61. The third-order valence-electron chi connectivity index (χ3n) is 4.80. The van der Waals surface area contributed by atoms with E-state index in [9.17, 15) is 9.59 Å². The minimum atomic E-state index is -0.354. The molecule has 1 aliphatic rings. The second-order valence-corrected chi connectivity index (χ2v) is 7.49. The number of H-pyrrole nitrogens is 1. The lowest BCUT2D eigenvalue weighted by Gasteiger charge is -2.14. The van der Waals surface area contributed by atoms with Crippen molar-refractivity contribution >= 4 is 17.6 Å². The van der Waals surface area contributed by atoms with Crippen LogP contribution >= 0.6 is 0 Å². The fraction of sp³-hybridized carbons (Fsp3) is 0.526. The second-order valence-electron chi connectivity index (χ2n) is 7.49. The van der Waals surface area contributed by atoms with E-state index in [1.165, 1.54) is 4.57 Å². The van der Waals surface area contributed by atoms with E-state index in [4.69, 9.17) is 4.74 Å². The molecule has 3 rings (SSSR count). The maximum Gasteiger partial charge on any atom is 0.407 e. The molecule has 8 nitrogen and oxygen atoms in total. The van der Waals surface area contributed by atoms with Crippen molar-refractivity contribution in [3.8, 4) is 0 Å². The predicted molar refractivity (Wildman–Crippen MR) is 103 cm³/mol. The van der Waals surface area contributed by atoms with Gasteiger partial charge in [-0.15, -0.1) is 0 Å². The Morgan fingerprint density at radius 2 is 2.15 bits per heavy atom. The van der Waals surface area contributed by atoms with Crippen LogP contribution in [-0.2, 0) is 11.8 Å². The first-order valence-electron chi connectivity index (χ1n) is 9.28. The Kier molecular flexibility index (Phi) is 5.53. The van der Waals surface area contributed by atoms with Crippen LogP contribution in [0.15, 0.2) is 23.1 Å². The lowest BCUT2D eigenvalue weighted by Crippen LogP contribution is -2.33. The zero-order valence-corrected chi connectivity index (χ0v) is 16.2. The van der Waals surface area contributed by atoms with Gasteiger partial charge in [-0.05, 0) is 45.6 Å². The van der Waals surface area contributed by atoms with E-state index in [0.29, 0.717) is 5.82 Å². The topological polar surface area (TPSA) is 101 Å². The van der Waals surface area contributed by atoms with Gasteiger partial charge in [-0.3, -0.25) is 9.89 Å². The zero-order chi connectivity index (χ0) is 19.6. The van der Waals surface area contributed by atoms with Crippen LogP contribution in [0.4, 0.5) is 16.3 Å². The number of carbonyl (C=O) groups is 1. The van der Waals surface area contributed by atoms with E-state index in [1.807, 2.05) is 26.8 Å². The summed E-state index contributed by atoms with van der Waals surface area (Å²) in [5, 5.41) is 13.4. The number of nitrogens with zero attached hydrogens (tertiary/aromatic N) is 2. The van der Waals surface area contributed by atoms with E-state index in [1.54, 1.807) is 19.3 Å². The molecule has 0 saturated heterocycles. The van der Waals surface area contributed by atoms with Crippen molar-refractivity contribution in [1.82, 2.24) is 20.1 Å². The molecule has 1 fully saturated rings. The van der Waals surface area contributed by atoms with Crippen molar-refractivity contribution in [1.29, 1.82) is 0 Å². The maximum atomic E-state index is 11.8. The van der Waals surface area contributed by atoms with E-state index < -0.39 is 0 Å². The van der Waals surface area contributed by atoms with Gasteiger partial charge in [0.05, 0.1) is 5.69 Å². The first-order valence-corrected chi connectivity index (χ1v) is 9.28. The molecule has 0 radical (unpaired) electrons. The van der Waals surface area contributed by atoms with Gasteiger partial charge in [-0.1, -0.05) is 0 Å². The number of anilines is 2. The third-order valence-corrected chi connectivity index (χ3v) is 4.80. The van der Waals surface area contributed by atoms with Crippen molar-refractivity contribution < 1.29 is 9.53 Å². The number of aromatic nitrogens is 3. The molecule has 2 aromatic rings. The molecule has 1 amide bonds. The van der Waals surface area contributed by atoms with E-state index in [2.05, 4.69) is 20.8 Å². The van der Waals surface area contributed by atoms with Crippen LogP contribution in [0.1, 0.15) is 50.3 Å². The molecule has 2 heterocycles. The minimum Gasteiger partial charge on any atom is -0.446 e. The lowest BCUT2D eigenvalue weighted by atomic mass is 10.0. The molecule has 146 valence electrons. The normalized spacial score (nSPS) is 19.3. The number of ether oxygens (including phenoxy) is 1. The molecule has 3 N–H and O–H groups in total. The summed E-state index contributed by atoms with van der Waals surface area (Å²) >= 11 is 0. The van der Waals surface area contributed by atoms with Gasteiger partial charge in [0.2, 0.25) is 0 Å². The molecule has 1 aliphatic carbocycles. The van der Waals surface area contributed by atoms with E-state index >= 15 is 0 Å². The summed E-state index contributed by atoms with van der Waals surface area (Å²) in [6, 6.07) is 3.64. The van der Waals surface area contributed by atoms with E-state index in [0.717, 1.165) is 36.2 Å². The fourth-order valence-electron chi connectivity index (χ4n) is 3.35. The summed E-state index contributed by atoms with van der Waals surface area (Å²) in [5.41, 5.74) is 2.69. The largest absolute Gasteiger partial charge is 0.446 e. The van der Waals surface area contributed by atoms with Crippen molar-refractivity contribution in [2.75, 3.05) is 5.32 Å². The van der Waals surface area contributed by atoms with Crippen LogP contribution in [0.25, 0.3) is 0 Å². The second kappa shape index (κ2) is 7.85. The first kappa shape index (κ1) is 19.0. The van der Waals surface area contributed by atoms with Crippen LogP contribution in [0.5, 0.6) is 0 Å². The number of pyridine rings is 1. The van der Waals surface area contributed by atoms with Crippen molar-refractivity contribution in [2.45, 2.75) is 58.1 Å². The number of hydrogen-bond acceptors (Lipinski definition) is 5. The molecule has 2 aromatic heterocycles. The molecule has 0 bridgehead atoms. The molecule has 27 heavy (non-hydrogen) atoms. The van der Waals surface area contributed by atoms with Gasteiger partial charge in [-0.25, -0.2) is 4.79 Å². The van der Waals surface area contributed by atoms with Gasteiger partial charge < -0.3 is 19.9 Å². The van der Waals surface area contributed by atoms with Gasteiger partial charge in [-0.2, -0.15) is 5.10 Å². The van der Waals surface area contributed by atoms with Crippen LogP contribution in [0.3, 0.4) is 0 Å². The quantitative estimate of drug-likeness (QED) is 0.748. The first-order chi connectivity index (χ1) is 12.8. The molecular weight excluding hydrogens is 346 g/mol. The summed E-state index contributed by atoms with van der Waals surface area (Å²) in [4.78, 5) is 23.4. The van der Waals surface area contributed by atoms with Crippen LogP contribution < -0.4 is 16.2 Å². The molecule has 0 unspecified atom stereocenters. The highest BCUT2D eigenvalue weighted by atomic mass is 16.6. The monoisotopic (exact) mass is 373 g/mol. The third kappa shape index (κ3) is 4.69. The number of alkyl carbamates (subject to hydrolysis) is 1. The van der Waals surface area contributed by atoms with Crippen molar-refractivity contribution in [3.63, 3.8) is 0 Å². The molecule has 8 heteroatoms. The van der Waals surface area contributed by atoms with Gasteiger partial charge in [0.15, 0.2) is 5.82 Å². The highest BCUT2D eigenvalue weighted by Crippen LogP contribution is 2.36. The van der Waals surface area contributed by atoms with Crippen LogP contribution in [-0.4, -0.2) is 33.0 Å². The summed E-state index contributed by atoms with van der Waals surface area (Å²) in [7, 11) is 1.72. The SMILES string of the molecule is Cc1cc(=O)n(C)cc1Nc1cc([C@H]2CC[C@@H](OC(=O)NC(C)C)C2)[nH]n1. The van der Waals surface area contributed by atoms with Gasteiger partial charge in [0.1, 0.15) is 6.10 Å². The summed E-state index contributed by atoms with van der Waals surface area (Å²) in [6.45, 7) is 5.70.